The molecule has 7 heteroatoms. The number of likely N-dealkylation sites (N-methyl/N-ethyl adjacent to an activating group) is 1. The van der Waals surface area contributed by atoms with Gasteiger partial charge in [0.25, 0.3) is 0 Å². The van der Waals surface area contributed by atoms with Gasteiger partial charge in [-0.3, -0.25) is 9.36 Å². The molecule has 1 aromatic rings. The number of carbonyl (C=O) groups is 1. The maximum Gasteiger partial charge on any atom is 0.348 e. The van der Waals surface area contributed by atoms with Crippen molar-refractivity contribution in [3.8, 4) is 0 Å². The van der Waals surface area contributed by atoms with Gasteiger partial charge in [0.05, 0.1) is 5.75 Å². The van der Waals surface area contributed by atoms with E-state index in [4.69, 9.17) is 0 Å². The number of hydrogen-bond acceptors (Lipinski definition) is 5. The standard InChI is InChI=1S/C16H26N4O2S/c1-4-8-17-14(21)11-23-15-12-6-5-7-13(12)20(16(22)18-15)10-9-19(2)3/h4-11H2,1-3H3,(H,17,21). The minimum Gasteiger partial charge on any atom is -0.355 e. The molecule has 1 heterocycles. The first-order valence-electron chi connectivity index (χ1n) is 8.19. The molecule has 0 aromatic carbocycles. The summed E-state index contributed by atoms with van der Waals surface area (Å²) in [7, 11) is 4.00. The van der Waals surface area contributed by atoms with Crippen molar-refractivity contribution in [3.63, 3.8) is 0 Å². The SMILES string of the molecule is CCCNC(=O)CSc1nc(=O)n(CCN(C)C)c2c1CCC2. The van der Waals surface area contributed by atoms with Crippen LogP contribution in [0.15, 0.2) is 9.82 Å². The van der Waals surface area contributed by atoms with Gasteiger partial charge in [-0.15, -0.1) is 0 Å². The summed E-state index contributed by atoms with van der Waals surface area (Å²) < 4.78 is 1.81. The second-order valence-electron chi connectivity index (χ2n) is 6.07. The fraction of sp³-hybridized carbons (Fsp3) is 0.688. The van der Waals surface area contributed by atoms with Crippen LogP contribution in [0.4, 0.5) is 0 Å². The summed E-state index contributed by atoms with van der Waals surface area (Å²) in [5, 5.41) is 3.60. The van der Waals surface area contributed by atoms with Gasteiger partial charge >= 0.3 is 5.69 Å². The molecule has 2 rings (SSSR count). The lowest BCUT2D eigenvalue weighted by molar-refractivity contribution is -0.118. The average Bonchev–Trinajstić information content (AvgIpc) is 2.99. The number of carbonyl (C=O) groups excluding carboxylic acids is 1. The molecule has 0 bridgehead atoms. The summed E-state index contributed by atoms with van der Waals surface area (Å²) in [6.07, 6.45) is 3.85. The third-order valence-corrected chi connectivity index (χ3v) is 4.90. The monoisotopic (exact) mass is 338 g/mol. The molecule has 0 saturated carbocycles. The molecule has 0 radical (unpaired) electrons. The lowest BCUT2D eigenvalue weighted by Gasteiger charge is -2.16. The topological polar surface area (TPSA) is 67.2 Å². The predicted molar refractivity (Wildman–Crippen MR) is 93.1 cm³/mol. The molecule has 1 amide bonds. The molecule has 1 N–H and O–H groups in total. The van der Waals surface area contributed by atoms with E-state index in [1.807, 2.05) is 25.6 Å². The van der Waals surface area contributed by atoms with E-state index < -0.39 is 0 Å². The van der Waals surface area contributed by atoms with Crippen LogP contribution < -0.4 is 11.0 Å². The Hall–Kier alpha value is -1.34. The summed E-state index contributed by atoms with van der Waals surface area (Å²) in [6.45, 7) is 4.20. The summed E-state index contributed by atoms with van der Waals surface area (Å²) in [4.78, 5) is 30.4. The number of rotatable bonds is 8. The molecule has 1 aromatic heterocycles. The van der Waals surface area contributed by atoms with E-state index in [0.717, 1.165) is 48.5 Å². The molecule has 0 fully saturated rings. The maximum atomic E-state index is 12.3. The summed E-state index contributed by atoms with van der Waals surface area (Å²) in [5.41, 5.74) is 2.09. The van der Waals surface area contributed by atoms with Gasteiger partial charge in [0.2, 0.25) is 5.91 Å². The summed E-state index contributed by atoms with van der Waals surface area (Å²) >= 11 is 1.38. The lowest BCUT2D eigenvalue weighted by Crippen LogP contribution is -2.31. The summed E-state index contributed by atoms with van der Waals surface area (Å²) in [6, 6.07) is 0. The van der Waals surface area contributed by atoms with Gasteiger partial charge in [0.15, 0.2) is 0 Å². The van der Waals surface area contributed by atoms with Gasteiger partial charge in [-0.2, -0.15) is 4.98 Å². The van der Waals surface area contributed by atoms with Crippen LogP contribution in [0.3, 0.4) is 0 Å². The molecule has 0 atom stereocenters. The number of nitrogens with zero attached hydrogens (tertiary/aromatic N) is 3. The van der Waals surface area contributed by atoms with Gasteiger partial charge in [-0.05, 0) is 39.8 Å². The molecule has 0 unspecified atom stereocenters. The molecule has 23 heavy (non-hydrogen) atoms. The average molecular weight is 338 g/mol. The highest BCUT2D eigenvalue weighted by atomic mass is 32.2. The highest BCUT2D eigenvalue weighted by molar-refractivity contribution is 7.99. The Kier molecular flexibility index (Phi) is 6.65. The third kappa shape index (κ3) is 4.81. The first-order chi connectivity index (χ1) is 11.0. The van der Waals surface area contributed by atoms with E-state index in [1.165, 1.54) is 11.8 Å². The highest BCUT2D eigenvalue weighted by Gasteiger charge is 2.22. The molecule has 1 aliphatic carbocycles. The van der Waals surface area contributed by atoms with E-state index >= 15 is 0 Å². The second-order valence-corrected chi connectivity index (χ2v) is 7.04. The van der Waals surface area contributed by atoms with Crippen LogP contribution >= 0.6 is 11.8 Å². The maximum absolute atomic E-state index is 12.3. The Labute approximate surface area is 141 Å². The van der Waals surface area contributed by atoms with Crippen LogP contribution in [0.1, 0.15) is 31.0 Å². The van der Waals surface area contributed by atoms with Crippen molar-refractivity contribution in [2.45, 2.75) is 44.2 Å². The smallest absolute Gasteiger partial charge is 0.348 e. The molecular formula is C16H26N4O2S. The fourth-order valence-corrected chi connectivity index (χ4v) is 3.59. The quantitative estimate of drug-likeness (QED) is 0.564. The molecule has 0 saturated heterocycles. The Morgan fingerprint density at radius 2 is 2.17 bits per heavy atom. The zero-order chi connectivity index (χ0) is 16.8. The Morgan fingerprint density at radius 3 is 2.87 bits per heavy atom. The molecule has 0 aliphatic heterocycles. The number of hydrogen-bond donors (Lipinski definition) is 1. The minimum absolute atomic E-state index is 0.00202. The van der Waals surface area contributed by atoms with Crippen molar-refractivity contribution in [2.75, 3.05) is 32.9 Å². The number of thioether (sulfide) groups is 1. The normalized spacial score (nSPS) is 13.4. The molecule has 128 valence electrons. The molecule has 1 aliphatic rings. The Morgan fingerprint density at radius 1 is 1.39 bits per heavy atom. The number of nitrogens with one attached hydrogen (secondary N) is 1. The minimum atomic E-state index is -0.191. The van der Waals surface area contributed by atoms with Gasteiger partial charge in [-0.25, -0.2) is 4.79 Å². The highest BCUT2D eigenvalue weighted by Crippen LogP contribution is 2.29. The van der Waals surface area contributed by atoms with Crippen LogP contribution in [0.5, 0.6) is 0 Å². The second kappa shape index (κ2) is 8.49. The van der Waals surface area contributed by atoms with Crippen molar-refractivity contribution in [1.82, 2.24) is 19.8 Å². The van der Waals surface area contributed by atoms with Crippen LogP contribution in [-0.4, -0.2) is 53.3 Å². The van der Waals surface area contributed by atoms with Crippen LogP contribution in [-0.2, 0) is 24.2 Å². The fourth-order valence-electron chi connectivity index (χ4n) is 2.69. The molecular weight excluding hydrogens is 312 g/mol. The summed E-state index contributed by atoms with van der Waals surface area (Å²) in [5.74, 6) is 0.322. The Balaban J connectivity index is 2.13. The van der Waals surface area contributed by atoms with Crippen molar-refractivity contribution in [1.29, 1.82) is 0 Å². The zero-order valence-corrected chi connectivity index (χ0v) is 15.0. The van der Waals surface area contributed by atoms with E-state index in [1.54, 1.807) is 0 Å². The van der Waals surface area contributed by atoms with E-state index in [2.05, 4.69) is 15.2 Å². The van der Waals surface area contributed by atoms with Crippen molar-refractivity contribution >= 4 is 17.7 Å². The number of amides is 1. The largest absolute Gasteiger partial charge is 0.355 e. The van der Waals surface area contributed by atoms with Crippen molar-refractivity contribution in [3.05, 3.63) is 21.7 Å². The predicted octanol–water partition coefficient (Wildman–Crippen LogP) is 0.912. The van der Waals surface area contributed by atoms with Gasteiger partial charge in [0.1, 0.15) is 5.03 Å². The zero-order valence-electron chi connectivity index (χ0n) is 14.2. The van der Waals surface area contributed by atoms with Gasteiger partial charge < -0.3 is 10.2 Å². The molecule has 6 nitrogen and oxygen atoms in total. The molecule has 0 spiro atoms. The number of aromatic nitrogens is 2. The first-order valence-corrected chi connectivity index (χ1v) is 9.18. The number of fused-ring (bicyclic) bond motifs is 1. The van der Waals surface area contributed by atoms with Crippen molar-refractivity contribution < 1.29 is 4.79 Å². The first kappa shape index (κ1) is 18.0. The van der Waals surface area contributed by atoms with E-state index in [9.17, 15) is 9.59 Å². The van der Waals surface area contributed by atoms with E-state index in [-0.39, 0.29) is 11.6 Å². The van der Waals surface area contributed by atoms with E-state index in [0.29, 0.717) is 18.8 Å². The third-order valence-electron chi connectivity index (χ3n) is 3.88. The van der Waals surface area contributed by atoms with Gasteiger partial charge in [0, 0.05) is 30.9 Å². The van der Waals surface area contributed by atoms with Crippen LogP contribution in [0.25, 0.3) is 0 Å². The van der Waals surface area contributed by atoms with Crippen molar-refractivity contribution in [2.24, 2.45) is 0 Å². The van der Waals surface area contributed by atoms with Gasteiger partial charge in [-0.1, -0.05) is 18.7 Å². The lowest BCUT2D eigenvalue weighted by atomic mass is 10.2. The van der Waals surface area contributed by atoms with Crippen LogP contribution in [0, 0.1) is 0 Å². The van der Waals surface area contributed by atoms with Crippen LogP contribution in [0.2, 0.25) is 0 Å². The Bertz CT molecular complexity index is 613.